The van der Waals surface area contributed by atoms with Gasteiger partial charge in [0.15, 0.2) is 5.60 Å². The van der Waals surface area contributed by atoms with Gasteiger partial charge in [0.05, 0.1) is 13.2 Å². The molecule has 1 aliphatic rings. The first kappa shape index (κ1) is 16.5. The minimum absolute atomic E-state index is 0.0754. The molecule has 0 radical (unpaired) electrons. The summed E-state index contributed by atoms with van der Waals surface area (Å²) in [5.74, 6) is -0.291. The summed E-state index contributed by atoms with van der Waals surface area (Å²) in [5.41, 5.74) is 2.90. The van der Waals surface area contributed by atoms with Gasteiger partial charge in [0.1, 0.15) is 0 Å². The van der Waals surface area contributed by atoms with Crippen LogP contribution in [0.4, 0.5) is 0 Å². The highest BCUT2D eigenvalue weighted by Crippen LogP contribution is 2.24. The third-order valence-corrected chi connectivity index (χ3v) is 4.82. The maximum absolute atomic E-state index is 12.9. The number of aromatic nitrogens is 1. The van der Waals surface area contributed by atoms with Gasteiger partial charge in [-0.15, -0.1) is 0 Å². The zero-order valence-electron chi connectivity index (χ0n) is 14.5. The number of benzene rings is 1. The summed E-state index contributed by atoms with van der Waals surface area (Å²) in [4.78, 5) is 29.9. The molecule has 1 saturated heterocycles. The zero-order chi connectivity index (χ0) is 17.5. The molecule has 128 valence electrons. The molecule has 0 spiro atoms. The Morgan fingerprint density at radius 2 is 2.08 bits per heavy atom. The van der Waals surface area contributed by atoms with E-state index in [0.717, 1.165) is 22.2 Å². The zero-order valence-corrected chi connectivity index (χ0v) is 14.5. The van der Waals surface area contributed by atoms with Crippen molar-refractivity contribution in [1.29, 1.82) is 0 Å². The number of nitrogens with one attached hydrogen (secondary N) is 2. The summed E-state index contributed by atoms with van der Waals surface area (Å²) in [6, 6.07) is 5.68. The minimum atomic E-state index is -1.01. The summed E-state index contributed by atoms with van der Waals surface area (Å²) in [6.07, 6.45) is 0. The molecule has 3 rings (SSSR count). The Hall–Kier alpha value is -2.34. The van der Waals surface area contributed by atoms with Crippen LogP contribution in [0, 0.1) is 13.8 Å². The summed E-state index contributed by atoms with van der Waals surface area (Å²) in [7, 11) is 1.57. The fraction of sp³-hybridized carbons (Fsp3) is 0.444. The van der Waals surface area contributed by atoms with Gasteiger partial charge in [-0.1, -0.05) is 0 Å². The highest BCUT2D eigenvalue weighted by atomic mass is 16.5. The van der Waals surface area contributed by atoms with Gasteiger partial charge < -0.3 is 19.9 Å². The van der Waals surface area contributed by atoms with Crippen molar-refractivity contribution >= 4 is 22.7 Å². The molecule has 2 aromatic rings. The average molecular weight is 329 g/mol. The number of aryl methyl sites for hydroxylation is 2. The Morgan fingerprint density at radius 1 is 1.33 bits per heavy atom. The van der Waals surface area contributed by atoms with E-state index in [9.17, 15) is 9.59 Å². The van der Waals surface area contributed by atoms with Crippen molar-refractivity contribution in [3.63, 3.8) is 0 Å². The maximum Gasteiger partial charge on any atom is 0.254 e. The molecule has 1 atom stereocenters. The van der Waals surface area contributed by atoms with E-state index in [4.69, 9.17) is 4.74 Å². The topological polar surface area (TPSA) is 74.4 Å². The number of rotatable bonds is 2. The number of likely N-dealkylation sites (N-methyl/N-ethyl adjacent to an activating group) is 1. The van der Waals surface area contributed by atoms with Crippen molar-refractivity contribution in [3.05, 3.63) is 35.0 Å². The number of amides is 2. The molecule has 24 heavy (non-hydrogen) atoms. The minimum Gasteiger partial charge on any atom is -0.362 e. The lowest BCUT2D eigenvalue weighted by Gasteiger charge is -2.39. The Bertz CT molecular complexity index is 811. The van der Waals surface area contributed by atoms with Gasteiger partial charge in [0.2, 0.25) is 0 Å². The van der Waals surface area contributed by atoms with Crippen LogP contribution in [0.2, 0.25) is 0 Å². The molecule has 2 heterocycles. The first-order valence-electron chi connectivity index (χ1n) is 8.10. The summed E-state index contributed by atoms with van der Waals surface area (Å²) in [6.45, 7) is 6.85. The van der Waals surface area contributed by atoms with Crippen molar-refractivity contribution in [2.75, 3.05) is 26.7 Å². The van der Waals surface area contributed by atoms with Crippen LogP contribution in [-0.4, -0.2) is 54.0 Å². The van der Waals surface area contributed by atoms with E-state index in [-0.39, 0.29) is 18.4 Å². The smallest absolute Gasteiger partial charge is 0.254 e. The molecule has 0 saturated carbocycles. The second-order valence-electron chi connectivity index (χ2n) is 6.52. The molecule has 1 aromatic carbocycles. The number of hydrogen-bond donors (Lipinski definition) is 2. The number of carbonyl (C=O) groups is 2. The Morgan fingerprint density at radius 3 is 2.79 bits per heavy atom. The molecule has 1 unspecified atom stereocenters. The predicted octanol–water partition coefficient (Wildman–Crippen LogP) is 1.76. The lowest BCUT2D eigenvalue weighted by Crippen LogP contribution is -2.58. The van der Waals surface area contributed by atoms with Crippen LogP contribution in [0.25, 0.3) is 10.9 Å². The summed E-state index contributed by atoms with van der Waals surface area (Å²) < 4.78 is 5.62. The third kappa shape index (κ3) is 2.67. The fourth-order valence-electron chi connectivity index (χ4n) is 3.22. The van der Waals surface area contributed by atoms with Crippen LogP contribution in [0.3, 0.4) is 0 Å². The molecular formula is C18H23N3O3. The predicted molar refractivity (Wildman–Crippen MR) is 92.1 cm³/mol. The van der Waals surface area contributed by atoms with Crippen LogP contribution < -0.4 is 5.32 Å². The van der Waals surface area contributed by atoms with Crippen molar-refractivity contribution in [2.24, 2.45) is 0 Å². The van der Waals surface area contributed by atoms with Crippen molar-refractivity contribution < 1.29 is 14.3 Å². The summed E-state index contributed by atoms with van der Waals surface area (Å²) in [5, 5.41) is 3.66. The van der Waals surface area contributed by atoms with Gasteiger partial charge in [0.25, 0.3) is 11.8 Å². The molecule has 1 fully saturated rings. The van der Waals surface area contributed by atoms with E-state index in [0.29, 0.717) is 18.7 Å². The highest BCUT2D eigenvalue weighted by molar-refractivity contribution is 5.99. The third-order valence-electron chi connectivity index (χ3n) is 4.82. The number of H-pyrrole nitrogens is 1. The molecule has 6 heteroatoms. The molecule has 1 aromatic heterocycles. The van der Waals surface area contributed by atoms with Gasteiger partial charge in [-0.3, -0.25) is 9.59 Å². The van der Waals surface area contributed by atoms with Gasteiger partial charge >= 0.3 is 0 Å². The maximum atomic E-state index is 12.9. The molecule has 2 amide bonds. The van der Waals surface area contributed by atoms with E-state index in [2.05, 4.69) is 10.3 Å². The van der Waals surface area contributed by atoms with E-state index in [1.165, 1.54) is 0 Å². The van der Waals surface area contributed by atoms with Crippen LogP contribution in [0.5, 0.6) is 0 Å². The van der Waals surface area contributed by atoms with Gasteiger partial charge in [-0.2, -0.15) is 0 Å². The number of ether oxygens (including phenoxy) is 1. The standard InChI is InChI=1S/C18H23N3O3/c1-11-12(2)20-15-6-5-13(9-14(11)15)16(22)21-7-8-24-18(3,10-21)17(23)19-4/h5-6,9,20H,7-8,10H2,1-4H3,(H,19,23). The molecular weight excluding hydrogens is 306 g/mol. The van der Waals surface area contributed by atoms with E-state index < -0.39 is 5.60 Å². The SMILES string of the molecule is CNC(=O)C1(C)CN(C(=O)c2ccc3[nH]c(C)c(C)c3c2)CCO1. The normalized spacial score (nSPS) is 21.1. The lowest BCUT2D eigenvalue weighted by molar-refractivity contribution is -0.153. The van der Waals surface area contributed by atoms with E-state index in [1.807, 2.05) is 32.0 Å². The number of carbonyl (C=O) groups excluding carboxylic acids is 2. The average Bonchev–Trinajstić information content (AvgIpc) is 2.87. The van der Waals surface area contributed by atoms with E-state index in [1.54, 1.807) is 18.9 Å². The molecule has 2 N–H and O–H groups in total. The summed E-state index contributed by atoms with van der Waals surface area (Å²) >= 11 is 0. The van der Waals surface area contributed by atoms with Gasteiger partial charge in [-0.05, 0) is 44.5 Å². The number of hydrogen-bond acceptors (Lipinski definition) is 3. The van der Waals surface area contributed by atoms with Crippen LogP contribution in [0.1, 0.15) is 28.5 Å². The number of fused-ring (bicyclic) bond motifs is 1. The molecule has 6 nitrogen and oxygen atoms in total. The molecule has 0 aliphatic carbocycles. The Balaban J connectivity index is 1.88. The van der Waals surface area contributed by atoms with Gasteiger partial charge in [-0.25, -0.2) is 0 Å². The first-order valence-corrected chi connectivity index (χ1v) is 8.10. The van der Waals surface area contributed by atoms with Crippen molar-refractivity contribution in [1.82, 2.24) is 15.2 Å². The number of morpholine rings is 1. The van der Waals surface area contributed by atoms with Crippen molar-refractivity contribution in [3.8, 4) is 0 Å². The number of aromatic amines is 1. The second kappa shape index (κ2) is 5.94. The fourth-order valence-corrected chi connectivity index (χ4v) is 3.22. The van der Waals surface area contributed by atoms with Crippen LogP contribution >= 0.6 is 0 Å². The number of nitrogens with zero attached hydrogens (tertiary/aromatic N) is 1. The Kier molecular flexibility index (Phi) is 4.09. The second-order valence-corrected chi connectivity index (χ2v) is 6.52. The Labute approximate surface area is 141 Å². The van der Waals surface area contributed by atoms with E-state index >= 15 is 0 Å². The largest absolute Gasteiger partial charge is 0.362 e. The first-order chi connectivity index (χ1) is 11.4. The lowest BCUT2D eigenvalue weighted by atomic mass is 10.0. The monoisotopic (exact) mass is 329 g/mol. The molecule has 1 aliphatic heterocycles. The van der Waals surface area contributed by atoms with Crippen molar-refractivity contribution in [2.45, 2.75) is 26.4 Å². The van der Waals surface area contributed by atoms with Gasteiger partial charge in [0, 0.05) is 35.8 Å². The van der Waals surface area contributed by atoms with Crippen LogP contribution in [0.15, 0.2) is 18.2 Å². The quantitative estimate of drug-likeness (QED) is 0.882. The van der Waals surface area contributed by atoms with Crippen LogP contribution in [-0.2, 0) is 9.53 Å². The molecule has 0 bridgehead atoms. The highest BCUT2D eigenvalue weighted by Gasteiger charge is 2.40.